The van der Waals surface area contributed by atoms with Crippen molar-refractivity contribution in [2.45, 2.75) is 108 Å². The van der Waals surface area contributed by atoms with E-state index in [1.165, 1.54) is 0 Å². The number of carbonyl (C=O) groups excluding carboxylic acids is 2. The number of hydrogen-bond donors (Lipinski definition) is 3. The molecule has 2 unspecified atom stereocenters. The number of rotatable bonds is 5. The fourth-order valence-corrected chi connectivity index (χ4v) is 7.27. The number of aromatic nitrogens is 1. The van der Waals surface area contributed by atoms with Gasteiger partial charge in [0, 0.05) is 35.8 Å². The Hall–Kier alpha value is -1.30. The highest BCUT2D eigenvalue weighted by Crippen LogP contribution is 2.48. The van der Waals surface area contributed by atoms with Gasteiger partial charge < -0.3 is 20.1 Å². The summed E-state index contributed by atoms with van der Waals surface area (Å²) in [5.74, 6) is -1.61. The lowest BCUT2D eigenvalue weighted by atomic mass is 9.73. The van der Waals surface area contributed by atoms with Gasteiger partial charge in [-0.05, 0) is 50.5 Å². The van der Waals surface area contributed by atoms with Crippen molar-refractivity contribution in [2.75, 3.05) is 19.4 Å². The van der Waals surface area contributed by atoms with E-state index in [4.69, 9.17) is 4.74 Å². The van der Waals surface area contributed by atoms with Crippen LogP contribution in [0.3, 0.4) is 0 Å². The summed E-state index contributed by atoms with van der Waals surface area (Å²) in [6, 6.07) is 0.109. The number of esters is 1. The molecule has 0 aliphatic carbocycles. The van der Waals surface area contributed by atoms with Gasteiger partial charge in [0.15, 0.2) is 0 Å². The van der Waals surface area contributed by atoms with Gasteiger partial charge >= 0.3 is 5.97 Å². The first-order valence-electron chi connectivity index (χ1n) is 13.9. The zero-order valence-corrected chi connectivity index (χ0v) is 26.0. The van der Waals surface area contributed by atoms with Gasteiger partial charge in [-0.1, -0.05) is 45.9 Å². The van der Waals surface area contributed by atoms with Gasteiger partial charge in [0.2, 0.25) is 0 Å². The van der Waals surface area contributed by atoms with Crippen molar-refractivity contribution < 1.29 is 29.6 Å². The number of carbonyl (C=O) groups is 2. The summed E-state index contributed by atoms with van der Waals surface area (Å²) in [5.41, 5.74) is 0.281. The number of aliphatic hydroxyl groups excluding tert-OH is 3. The fraction of sp³-hybridized carbons (Fsp3) is 0.759. The van der Waals surface area contributed by atoms with Gasteiger partial charge in [0.1, 0.15) is 16.2 Å². The third-order valence-corrected chi connectivity index (χ3v) is 10.9. The summed E-state index contributed by atoms with van der Waals surface area (Å²) in [5, 5.41) is 33.7. The van der Waals surface area contributed by atoms with E-state index in [0.29, 0.717) is 13.0 Å². The standard InChI is InChI=1S/C29H46N2O6S2/c1-17-9-8-10-29(6)22(31(29)11-12-32)14-21(18(2)13-20-16-39-27(30-20)38-7)37-24(34)15-23(33)28(4,5)26(36)19(3)25(17)35/h13,16-17,19,21-23,25,32-33,35H,8-12,14-15H2,1-7H3/b18-13+/t17-,19+,21-,22?,23-,25-,29+,31?/m0/s1. The molecule has 8 nitrogen and oxygen atoms in total. The topological polar surface area (TPSA) is 120 Å². The molecular formula is C29H46N2O6S2. The smallest absolute Gasteiger partial charge is 0.309 e. The highest BCUT2D eigenvalue weighted by atomic mass is 32.2. The van der Waals surface area contributed by atoms with E-state index in [1.54, 1.807) is 43.9 Å². The molecule has 0 amide bonds. The molecule has 0 saturated carbocycles. The Morgan fingerprint density at radius 2 is 1.97 bits per heavy atom. The normalized spacial score (nSPS) is 36.8. The first-order chi connectivity index (χ1) is 18.3. The van der Waals surface area contributed by atoms with Crippen LogP contribution in [0.4, 0.5) is 0 Å². The number of Topliss-reactive ketones (excluding diaryl/α,β-unsaturated/α-hetero) is 1. The van der Waals surface area contributed by atoms with Crippen LogP contribution >= 0.6 is 23.1 Å². The number of aliphatic hydroxyl groups is 3. The first kappa shape index (κ1) is 32.2. The molecule has 39 heavy (non-hydrogen) atoms. The van der Waals surface area contributed by atoms with Crippen molar-refractivity contribution in [3.63, 3.8) is 0 Å². The zero-order chi connectivity index (χ0) is 29.1. The molecule has 0 spiro atoms. The molecule has 2 fully saturated rings. The van der Waals surface area contributed by atoms with Crippen LogP contribution in [0.15, 0.2) is 15.3 Å². The SMILES string of the molecule is CSc1nc(/C=C(\C)[C@@H]2CC3N(CCO)[C@]3(C)CCC[C@H](C)[C@H](O)[C@@H](C)C(=O)C(C)(C)[C@@H](O)CC(=O)O2)cs1. The molecule has 0 aromatic carbocycles. The average molecular weight is 583 g/mol. The van der Waals surface area contributed by atoms with Crippen LogP contribution in [0.25, 0.3) is 6.08 Å². The summed E-state index contributed by atoms with van der Waals surface area (Å²) in [6.07, 6.45) is 4.01. The lowest BCUT2D eigenvalue weighted by molar-refractivity contribution is -0.154. The Bertz CT molecular complexity index is 1040. The van der Waals surface area contributed by atoms with Gasteiger partial charge in [-0.15, -0.1) is 11.3 Å². The Kier molecular flexibility index (Phi) is 10.8. The summed E-state index contributed by atoms with van der Waals surface area (Å²) in [6.45, 7) is 11.6. The van der Waals surface area contributed by atoms with Crippen molar-refractivity contribution in [1.82, 2.24) is 9.88 Å². The molecule has 8 atom stereocenters. The van der Waals surface area contributed by atoms with Crippen LogP contribution in [-0.4, -0.2) is 86.3 Å². The predicted octanol–water partition coefficient (Wildman–Crippen LogP) is 4.17. The number of thioether (sulfide) groups is 1. The molecule has 3 N–H and O–H groups in total. The van der Waals surface area contributed by atoms with Crippen LogP contribution in [-0.2, 0) is 14.3 Å². The van der Waals surface area contributed by atoms with Gasteiger partial charge in [-0.3, -0.25) is 14.5 Å². The van der Waals surface area contributed by atoms with Crippen LogP contribution < -0.4 is 0 Å². The van der Waals surface area contributed by atoms with E-state index in [9.17, 15) is 24.9 Å². The summed E-state index contributed by atoms with van der Waals surface area (Å²) in [4.78, 5) is 33.4. The Balaban J connectivity index is 1.93. The Morgan fingerprint density at radius 3 is 2.59 bits per heavy atom. The van der Waals surface area contributed by atoms with E-state index >= 15 is 0 Å². The van der Waals surface area contributed by atoms with Crippen LogP contribution in [0.2, 0.25) is 0 Å². The lowest BCUT2D eigenvalue weighted by Gasteiger charge is -2.34. The molecule has 0 radical (unpaired) electrons. The highest BCUT2D eigenvalue weighted by Gasteiger charge is 2.58. The number of thiazole rings is 1. The van der Waals surface area contributed by atoms with Gasteiger partial charge in [-0.25, -0.2) is 4.98 Å². The molecule has 2 aliphatic heterocycles. The maximum absolute atomic E-state index is 13.3. The number of fused-ring (bicyclic) bond motifs is 1. The first-order valence-corrected chi connectivity index (χ1v) is 16.0. The lowest BCUT2D eigenvalue weighted by Crippen LogP contribution is -2.45. The Labute approximate surface area is 241 Å². The monoisotopic (exact) mass is 582 g/mol. The van der Waals surface area contributed by atoms with E-state index < -0.39 is 35.6 Å². The fourth-order valence-electron chi connectivity index (χ4n) is 6.05. The molecule has 1 aromatic rings. The minimum absolute atomic E-state index is 0.0394. The zero-order valence-electron chi connectivity index (χ0n) is 24.3. The third kappa shape index (κ3) is 7.32. The van der Waals surface area contributed by atoms with E-state index in [0.717, 1.165) is 34.9 Å². The van der Waals surface area contributed by atoms with Crippen LogP contribution in [0.1, 0.15) is 79.3 Å². The average Bonchev–Trinajstić information content (AvgIpc) is 3.19. The molecule has 2 saturated heterocycles. The molecule has 1 aromatic heterocycles. The maximum atomic E-state index is 13.3. The number of ether oxygens (including phenoxy) is 1. The summed E-state index contributed by atoms with van der Waals surface area (Å²) < 4.78 is 6.96. The molecule has 0 bridgehead atoms. The third-order valence-electron chi connectivity index (χ3n) is 8.97. The van der Waals surface area contributed by atoms with Crippen molar-refractivity contribution in [2.24, 2.45) is 17.3 Å². The minimum atomic E-state index is -1.25. The molecule has 10 heteroatoms. The predicted molar refractivity (Wildman–Crippen MR) is 156 cm³/mol. The number of hydrogen-bond acceptors (Lipinski definition) is 10. The van der Waals surface area contributed by atoms with Gasteiger partial charge in [-0.2, -0.15) is 0 Å². The number of cyclic esters (lactones) is 1. The molecule has 2 aliphatic rings. The summed E-state index contributed by atoms with van der Waals surface area (Å²) in [7, 11) is 0. The second kappa shape index (κ2) is 13.1. The van der Waals surface area contributed by atoms with E-state index in [1.807, 2.05) is 31.6 Å². The van der Waals surface area contributed by atoms with E-state index in [-0.39, 0.29) is 36.3 Å². The van der Waals surface area contributed by atoms with Crippen molar-refractivity contribution in [3.05, 3.63) is 16.6 Å². The van der Waals surface area contributed by atoms with Crippen molar-refractivity contribution in [1.29, 1.82) is 0 Å². The molecule has 3 rings (SSSR count). The van der Waals surface area contributed by atoms with Gasteiger partial charge in [0.05, 0.1) is 36.3 Å². The molecule has 220 valence electrons. The molecule has 3 heterocycles. The van der Waals surface area contributed by atoms with Crippen molar-refractivity contribution in [3.8, 4) is 0 Å². The second-order valence-corrected chi connectivity index (χ2v) is 14.0. The number of nitrogens with zero attached hydrogens (tertiary/aromatic N) is 2. The quantitative estimate of drug-likeness (QED) is 0.267. The second-order valence-electron chi connectivity index (χ2n) is 12.1. The Morgan fingerprint density at radius 1 is 1.28 bits per heavy atom. The largest absolute Gasteiger partial charge is 0.458 e. The maximum Gasteiger partial charge on any atom is 0.309 e. The minimum Gasteiger partial charge on any atom is -0.458 e. The van der Waals surface area contributed by atoms with Crippen molar-refractivity contribution >= 4 is 40.9 Å². The van der Waals surface area contributed by atoms with Crippen LogP contribution in [0.5, 0.6) is 0 Å². The highest BCUT2D eigenvalue weighted by molar-refractivity contribution is 8.00. The molecular weight excluding hydrogens is 536 g/mol. The van der Waals surface area contributed by atoms with E-state index in [2.05, 4.69) is 16.8 Å². The number of ketones is 1. The van der Waals surface area contributed by atoms with Gasteiger partial charge in [0.25, 0.3) is 0 Å². The number of β-amino-alcohol motifs (C(OH)–C–C–N with tert-alkyl or cyclic N) is 1. The summed E-state index contributed by atoms with van der Waals surface area (Å²) >= 11 is 3.14. The van der Waals surface area contributed by atoms with Crippen LogP contribution in [0, 0.1) is 17.3 Å².